The van der Waals surface area contributed by atoms with Crippen LogP contribution in [0.25, 0.3) is 0 Å². The fraction of sp³-hybridized carbons (Fsp3) is 0.444. The quantitative estimate of drug-likeness (QED) is 0.371. The summed E-state index contributed by atoms with van der Waals surface area (Å²) in [6.45, 7) is 11.1. The van der Waals surface area contributed by atoms with E-state index in [9.17, 15) is 9.59 Å². The first-order chi connectivity index (χ1) is 13.9. The maximum Gasteiger partial charge on any atom is 0.230 e. The van der Waals surface area contributed by atoms with Gasteiger partial charge >= 0.3 is 0 Å². The van der Waals surface area contributed by atoms with Crippen LogP contribution in [0.5, 0.6) is 0 Å². The van der Waals surface area contributed by atoms with Crippen LogP contribution in [-0.4, -0.2) is 38.0 Å². The van der Waals surface area contributed by atoms with Crippen molar-refractivity contribution in [3.63, 3.8) is 0 Å². The zero-order chi connectivity index (χ0) is 21.2. The molecular weight excluding hydrogens is 428 g/mol. The molecule has 1 unspecified atom stereocenters. The Morgan fingerprint density at radius 1 is 1.10 bits per heavy atom. The van der Waals surface area contributed by atoms with Gasteiger partial charge in [0.05, 0.1) is 0 Å². The average molecular weight is 453 g/mol. The number of nitrogens with one attached hydrogen (secondary N) is 2. The number of allylic oxidation sites excluding steroid dienone is 1. The summed E-state index contributed by atoms with van der Waals surface area (Å²) in [4.78, 5) is 23.6. The van der Waals surface area contributed by atoms with Crippen LogP contribution in [0.15, 0.2) is 24.8 Å². The monoisotopic (exact) mass is 452 g/mol. The topological polar surface area (TPSA) is 110 Å². The van der Waals surface area contributed by atoms with E-state index < -0.39 is 0 Å². The minimum atomic E-state index is -0.133. The van der Waals surface area contributed by atoms with Crippen LogP contribution in [0.1, 0.15) is 36.7 Å². The molecule has 0 saturated heterocycles. The maximum atomic E-state index is 11.9. The molecular formula is C18H24N6O2S3. The lowest BCUT2D eigenvalue weighted by Crippen LogP contribution is -2.13. The SMILES string of the molecule is C=CC(C)CC(=O)Nc1nnc(CCSCc2nnc(NC(=O)CC(=C)C)s2)s1. The summed E-state index contributed by atoms with van der Waals surface area (Å²) < 4.78 is 0. The molecule has 0 spiro atoms. The number of nitrogens with zero attached hydrogens (tertiary/aromatic N) is 4. The number of rotatable bonds is 12. The van der Waals surface area contributed by atoms with E-state index in [4.69, 9.17) is 0 Å². The molecule has 0 radical (unpaired) electrons. The predicted molar refractivity (Wildman–Crippen MR) is 120 cm³/mol. The van der Waals surface area contributed by atoms with E-state index >= 15 is 0 Å². The highest BCUT2D eigenvalue weighted by molar-refractivity contribution is 7.98. The lowest BCUT2D eigenvalue weighted by atomic mass is 10.1. The van der Waals surface area contributed by atoms with Crippen molar-refractivity contribution in [1.82, 2.24) is 20.4 Å². The second kappa shape index (κ2) is 11.8. The molecule has 2 rings (SSSR count). The smallest absolute Gasteiger partial charge is 0.230 e. The Kier molecular flexibility index (Phi) is 9.42. The Bertz CT molecular complexity index is 863. The van der Waals surface area contributed by atoms with Gasteiger partial charge < -0.3 is 10.6 Å². The molecule has 11 heteroatoms. The molecule has 1 atom stereocenters. The lowest BCUT2D eigenvalue weighted by molar-refractivity contribution is -0.117. The summed E-state index contributed by atoms with van der Waals surface area (Å²) in [7, 11) is 0. The minimum Gasteiger partial charge on any atom is -0.301 e. The number of anilines is 2. The summed E-state index contributed by atoms with van der Waals surface area (Å²) in [5.41, 5.74) is 0.800. The number of hydrogen-bond acceptors (Lipinski definition) is 9. The van der Waals surface area contributed by atoms with Crippen molar-refractivity contribution in [1.29, 1.82) is 0 Å². The molecule has 0 aliphatic carbocycles. The third-order valence-corrected chi connectivity index (χ3v) is 6.37. The number of aryl methyl sites for hydroxylation is 1. The van der Waals surface area contributed by atoms with Crippen molar-refractivity contribution >= 4 is 56.5 Å². The Morgan fingerprint density at radius 2 is 1.72 bits per heavy atom. The molecule has 29 heavy (non-hydrogen) atoms. The number of thioether (sulfide) groups is 1. The van der Waals surface area contributed by atoms with Crippen LogP contribution in [-0.2, 0) is 21.8 Å². The van der Waals surface area contributed by atoms with Gasteiger partial charge in [-0.15, -0.1) is 27.0 Å². The molecule has 0 fully saturated rings. The van der Waals surface area contributed by atoms with E-state index in [1.54, 1.807) is 24.8 Å². The van der Waals surface area contributed by atoms with Crippen molar-refractivity contribution in [2.45, 2.75) is 38.9 Å². The highest BCUT2D eigenvalue weighted by atomic mass is 32.2. The van der Waals surface area contributed by atoms with Crippen LogP contribution in [0.3, 0.4) is 0 Å². The number of amides is 2. The van der Waals surface area contributed by atoms with Gasteiger partial charge in [0.1, 0.15) is 10.0 Å². The third-order valence-electron chi connectivity index (χ3n) is 3.48. The fourth-order valence-corrected chi connectivity index (χ4v) is 4.71. The van der Waals surface area contributed by atoms with Gasteiger partial charge in [0, 0.05) is 30.8 Å². The number of carbonyl (C=O) groups excluding carboxylic acids is 2. The molecule has 0 bridgehead atoms. The van der Waals surface area contributed by atoms with Gasteiger partial charge in [-0.2, -0.15) is 11.8 Å². The highest BCUT2D eigenvalue weighted by Crippen LogP contribution is 2.22. The molecule has 0 aliphatic heterocycles. The van der Waals surface area contributed by atoms with Crippen LogP contribution in [0.2, 0.25) is 0 Å². The zero-order valence-electron chi connectivity index (χ0n) is 16.4. The molecule has 0 aromatic carbocycles. The van der Waals surface area contributed by atoms with Crippen molar-refractivity contribution in [2.24, 2.45) is 5.92 Å². The summed E-state index contributed by atoms with van der Waals surface area (Å²) >= 11 is 4.45. The normalized spacial score (nSPS) is 11.7. The van der Waals surface area contributed by atoms with Crippen LogP contribution < -0.4 is 10.6 Å². The Hall–Kier alpha value is -2.11. The van der Waals surface area contributed by atoms with Gasteiger partial charge in [-0.3, -0.25) is 9.59 Å². The summed E-state index contributed by atoms with van der Waals surface area (Å²) in [5.74, 6) is 1.45. The van der Waals surface area contributed by atoms with Gasteiger partial charge in [-0.1, -0.05) is 47.8 Å². The van der Waals surface area contributed by atoms with Gasteiger partial charge in [-0.05, 0) is 12.8 Å². The van der Waals surface area contributed by atoms with Gasteiger partial charge in [0.25, 0.3) is 0 Å². The van der Waals surface area contributed by atoms with E-state index in [1.165, 1.54) is 22.7 Å². The van der Waals surface area contributed by atoms with E-state index in [0.29, 0.717) is 22.4 Å². The molecule has 0 saturated carbocycles. The molecule has 156 valence electrons. The van der Waals surface area contributed by atoms with E-state index in [-0.39, 0.29) is 24.2 Å². The summed E-state index contributed by atoms with van der Waals surface area (Å²) in [5, 5.41) is 24.4. The third kappa shape index (κ3) is 8.84. The van der Waals surface area contributed by atoms with Crippen LogP contribution in [0, 0.1) is 5.92 Å². The van der Waals surface area contributed by atoms with E-state index in [0.717, 1.165) is 27.8 Å². The molecule has 2 N–H and O–H groups in total. The Morgan fingerprint density at radius 3 is 2.38 bits per heavy atom. The minimum absolute atomic E-state index is 0.0862. The Balaban J connectivity index is 1.69. The van der Waals surface area contributed by atoms with Gasteiger partial charge in [0.2, 0.25) is 22.1 Å². The number of aromatic nitrogens is 4. The zero-order valence-corrected chi connectivity index (χ0v) is 18.9. The number of carbonyl (C=O) groups is 2. The predicted octanol–water partition coefficient (Wildman–Crippen LogP) is 3.92. The maximum absolute atomic E-state index is 11.9. The van der Waals surface area contributed by atoms with E-state index in [1.807, 2.05) is 6.92 Å². The van der Waals surface area contributed by atoms with E-state index in [2.05, 4.69) is 44.2 Å². The first kappa shape index (κ1) is 23.2. The molecule has 0 aliphatic rings. The number of hydrogen-bond donors (Lipinski definition) is 2. The van der Waals surface area contributed by atoms with Crippen LogP contribution in [0.4, 0.5) is 10.3 Å². The molecule has 2 aromatic heterocycles. The second-order valence-electron chi connectivity index (χ2n) is 6.45. The molecule has 8 nitrogen and oxygen atoms in total. The van der Waals surface area contributed by atoms with Crippen molar-refractivity contribution in [2.75, 3.05) is 16.4 Å². The largest absolute Gasteiger partial charge is 0.301 e. The average Bonchev–Trinajstić information content (AvgIpc) is 3.27. The van der Waals surface area contributed by atoms with Crippen molar-refractivity contribution in [3.05, 3.63) is 34.8 Å². The lowest BCUT2D eigenvalue weighted by Gasteiger charge is -2.04. The molecule has 2 aromatic rings. The standard InChI is InChI=1S/C18H24N6O2S3/c1-5-12(4)9-14(26)20-17-23-21-15(28-17)6-7-27-10-16-22-24-18(29-16)19-13(25)8-11(2)3/h5,12H,1-2,6-10H2,3-4H3,(H,19,24,25)(H,20,23,26). The fourth-order valence-electron chi connectivity index (χ4n) is 2.07. The van der Waals surface area contributed by atoms with Crippen molar-refractivity contribution < 1.29 is 9.59 Å². The van der Waals surface area contributed by atoms with Gasteiger partial charge in [-0.25, -0.2) is 0 Å². The second-order valence-corrected chi connectivity index (χ2v) is 9.68. The first-order valence-corrected chi connectivity index (χ1v) is 11.7. The first-order valence-electron chi connectivity index (χ1n) is 8.95. The highest BCUT2D eigenvalue weighted by Gasteiger charge is 2.11. The van der Waals surface area contributed by atoms with Crippen molar-refractivity contribution in [3.8, 4) is 0 Å². The molecule has 2 heterocycles. The molecule has 2 amide bonds. The summed E-state index contributed by atoms with van der Waals surface area (Å²) in [6, 6.07) is 0. The van der Waals surface area contributed by atoms with Crippen LogP contribution >= 0.6 is 34.4 Å². The Labute approximate surface area is 182 Å². The van der Waals surface area contributed by atoms with Gasteiger partial charge in [0.15, 0.2) is 0 Å². The summed E-state index contributed by atoms with van der Waals surface area (Å²) in [6.07, 6.45) is 3.16.